The summed E-state index contributed by atoms with van der Waals surface area (Å²) in [5.74, 6) is 0.220. The number of nitro benzene ring substituents is 1. The summed E-state index contributed by atoms with van der Waals surface area (Å²) in [6, 6.07) is 2.56. The van der Waals surface area contributed by atoms with Gasteiger partial charge in [0.25, 0.3) is 5.69 Å². The van der Waals surface area contributed by atoms with Gasteiger partial charge in [0.05, 0.1) is 21.1 Å². The van der Waals surface area contributed by atoms with E-state index < -0.39 is 4.92 Å². The van der Waals surface area contributed by atoms with E-state index in [1.807, 2.05) is 0 Å². The number of hydrogen-bond donors (Lipinski definition) is 1. The Bertz CT molecular complexity index is 383. The van der Waals surface area contributed by atoms with Crippen molar-refractivity contribution in [1.82, 2.24) is 0 Å². The smallest absolute Gasteiger partial charge is 0.274 e. The van der Waals surface area contributed by atoms with E-state index in [4.69, 9.17) is 10.5 Å². The maximum Gasteiger partial charge on any atom is 0.274 e. The second kappa shape index (κ2) is 4.94. The number of hydrogen-bond acceptors (Lipinski definition) is 5. The SMILES string of the molecule is COCOc1cc([N+](=O)[O-])cc(Br)c1N. The molecule has 0 aromatic heterocycles. The first-order valence-electron chi connectivity index (χ1n) is 3.91. The third kappa shape index (κ3) is 2.80. The second-order valence-electron chi connectivity index (χ2n) is 2.65. The van der Waals surface area contributed by atoms with E-state index in [0.29, 0.717) is 10.2 Å². The zero-order chi connectivity index (χ0) is 11.4. The van der Waals surface area contributed by atoms with Crippen LogP contribution in [0.2, 0.25) is 0 Å². The Morgan fingerprint density at radius 2 is 2.27 bits per heavy atom. The van der Waals surface area contributed by atoms with Crippen LogP contribution in [0.4, 0.5) is 11.4 Å². The lowest BCUT2D eigenvalue weighted by Crippen LogP contribution is -2.03. The third-order valence-electron chi connectivity index (χ3n) is 1.62. The zero-order valence-electron chi connectivity index (χ0n) is 7.90. The van der Waals surface area contributed by atoms with Crippen molar-refractivity contribution >= 4 is 27.3 Å². The summed E-state index contributed by atoms with van der Waals surface area (Å²) >= 11 is 3.11. The van der Waals surface area contributed by atoms with E-state index in [9.17, 15) is 10.1 Å². The Hall–Kier alpha value is -1.34. The van der Waals surface area contributed by atoms with Crippen LogP contribution in [0.15, 0.2) is 16.6 Å². The van der Waals surface area contributed by atoms with E-state index in [2.05, 4.69) is 20.7 Å². The lowest BCUT2D eigenvalue weighted by molar-refractivity contribution is -0.385. The maximum absolute atomic E-state index is 10.5. The third-order valence-corrected chi connectivity index (χ3v) is 2.28. The highest BCUT2D eigenvalue weighted by Gasteiger charge is 2.14. The normalized spacial score (nSPS) is 10.0. The van der Waals surface area contributed by atoms with Gasteiger partial charge in [-0.2, -0.15) is 0 Å². The molecule has 0 unspecified atom stereocenters. The van der Waals surface area contributed by atoms with Gasteiger partial charge in [-0.25, -0.2) is 0 Å². The molecule has 6 nitrogen and oxygen atoms in total. The van der Waals surface area contributed by atoms with Crippen LogP contribution < -0.4 is 10.5 Å². The molecule has 0 aliphatic carbocycles. The molecule has 0 aliphatic rings. The number of nitro groups is 1. The van der Waals surface area contributed by atoms with E-state index in [0.717, 1.165) is 0 Å². The van der Waals surface area contributed by atoms with Gasteiger partial charge in [0.2, 0.25) is 0 Å². The lowest BCUT2D eigenvalue weighted by atomic mass is 10.2. The molecule has 2 N–H and O–H groups in total. The summed E-state index contributed by atoms with van der Waals surface area (Å²) in [5.41, 5.74) is 5.85. The predicted molar refractivity (Wildman–Crippen MR) is 57.7 cm³/mol. The summed E-state index contributed by atoms with van der Waals surface area (Å²) in [6.45, 7) is -0.0161. The fraction of sp³-hybridized carbons (Fsp3) is 0.250. The van der Waals surface area contributed by atoms with Crippen molar-refractivity contribution in [3.8, 4) is 5.75 Å². The fourth-order valence-corrected chi connectivity index (χ4v) is 1.36. The van der Waals surface area contributed by atoms with Gasteiger partial charge in [0.15, 0.2) is 12.5 Å². The number of non-ortho nitro benzene ring substituents is 1. The number of nitrogens with two attached hydrogens (primary N) is 1. The molecule has 0 atom stereocenters. The van der Waals surface area contributed by atoms with Crippen molar-refractivity contribution in [3.05, 3.63) is 26.7 Å². The highest BCUT2D eigenvalue weighted by Crippen LogP contribution is 2.34. The average Bonchev–Trinajstić information content (AvgIpc) is 2.19. The minimum absolute atomic E-state index is 0.0161. The molecule has 0 saturated heterocycles. The Kier molecular flexibility index (Phi) is 3.87. The zero-order valence-corrected chi connectivity index (χ0v) is 9.48. The molecule has 1 rings (SSSR count). The Morgan fingerprint density at radius 3 is 2.80 bits per heavy atom. The Balaban J connectivity index is 3.07. The Labute approximate surface area is 94.2 Å². The highest BCUT2D eigenvalue weighted by molar-refractivity contribution is 9.10. The monoisotopic (exact) mass is 276 g/mol. The van der Waals surface area contributed by atoms with Crippen molar-refractivity contribution in [1.29, 1.82) is 0 Å². The summed E-state index contributed by atoms with van der Waals surface area (Å²) in [6.07, 6.45) is 0. The largest absolute Gasteiger partial charge is 0.465 e. The van der Waals surface area contributed by atoms with Crippen LogP contribution in [0.5, 0.6) is 5.75 Å². The molecule has 15 heavy (non-hydrogen) atoms. The predicted octanol–water partition coefficient (Wildman–Crippen LogP) is 1.92. The topological polar surface area (TPSA) is 87.6 Å². The van der Waals surface area contributed by atoms with Gasteiger partial charge < -0.3 is 15.2 Å². The molecule has 1 aromatic carbocycles. The number of halogens is 1. The Morgan fingerprint density at radius 1 is 1.60 bits per heavy atom. The standard InChI is InChI=1S/C8H9BrN2O4/c1-14-4-15-7-3-5(11(12)13)2-6(9)8(7)10/h2-3H,4,10H2,1H3. The molecule has 82 valence electrons. The molecule has 0 saturated carbocycles. The van der Waals surface area contributed by atoms with E-state index in [1.54, 1.807) is 0 Å². The molecular weight excluding hydrogens is 268 g/mol. The number of benzene rings is 1. The van der Waals surface area contributed by atoms with Crippen LogP contribution >= 0.6 is 15.9 Å². The first-order chi connectivity index (χ1) is 7.06. The molecule has 0 bridgehead atoms. The van der Waals surface area contributed by atoms with Crippen LogP contribution in [0, 0.1) is 10.1 Å². The van der Waals surface area contributed by atoms with E-state index >= 15 is 0 Å². The molecule has 0 fully saturated rings. The molecule has 0 radical (unpaired) electrons. The molecule has 0 heterocycles. The van der Waals surface area contributed by atoms with Gasteiger partial charge in [-0.1, -0.05) is 0 Å². The van der Waals surface area contributed by atoms with Gasteiger partial charge in [0.1, 0.15) is 0 Å². The van der Waals surface area contributed by atoms with Crippen molar-refractivity contribution in [2.24, 2.45) is 0 Å². The van der Waals surface area contributed by atoms with Gasteiger partial charge in [-0.15, -0.1) is 0 Å². The van der Waals surface area contributed by atoms with Crippen molar-refractivity contribution in [2.45, 2.75) is 0 Å². The number of nitrogens with zero attached hydrogens (tertiary/aromatic N) is 1. The summed E-state index contributed by atoms with van der Waals surface area (Å²) in [7, 11) is 1.45. The number of methoxy groups -OCH3 is 1. The first kappa shape index (κ1) is 11.7. The quantitative estimate of drug-likeness (QED) is 0.393. The number of nitrogen functional groups attached to an aromatic ring is 1. The van der Waals surface area contributed by atoms with Crippen molar-refractivity contribution in [3.63, 3.8) is 0 Å². The molecule has 0 aliphatic heterocycles. The average molecular weight is 277 g/mol. The molecule has 0 spiro atoms. The highest BCUT2D eigenvalue weighted by atomic mass is 79.9. The van der Waals surface area contributed by atoms with Crippen LogP contribution in [0.3, 0.4) is 0 Å². The number of rotatable bonds is 4. The summed E-state index contributed by atoms with van der Waals surface area (Å²) < 4.78 is 10.2. The molecule has 1 aromatic rings. The summed E-state index contributed by atoms with van der Waals surface area (Å²) in [5, 5.41) is 10.5. The van der Waals surface area contributed by atoms with Gasteiger partial charge in [0, 0.05) is 13.2 Å². The fourth-order valence-electron chi connectivity index (χ4n) is 0.926. The second-order valence-corrected chi connectivity index (χ2v) is 3.50. The summed E-state index contributed by atoms with van der Waals surface area (Å²) in [4.78, 5) is 10.0. The first-order valence-corrected chi connectivity index (χ1v) is 4.70. The van der Waals surface area contributed by atoms with Crippen molar-refractivity contribution < 1.29 is 14.4 Å². The van der Waals surface area contributed by atoms with E-state index in [1.165, 1.54) is 19.2 Å². The van der Waals surface area contributed by atoms with Gasteiger partial charge in [-0.05, 0) is 15.9 Å². The molecule has 7 heteroatoms. The van der Waals surface area contributed by atoms with Gasteiger partial charge in [-0.3, -0.25) is 10.1 Å². The van der Waals surface area contributed by atoms with Crippen molar-refractivity contribution in [2.75, 3.05) is 19.6 Å². The lowest BCUT2D eigenvalue weighted by Gasteiger charge is -2.08. The van der Waals surface area contributed by atoms with E-state index in [-0.39, 0.29) is 18.2 Å². The van der Waals surface area contributed by atoms with Gasteiger partial charge >= 0.3 is 0 Å². The van der Waals surface area contributed by atoms with Crippen LogP contribution in [-0.2, 0) is 4.74 Å². The van der Waals surface area contributed by atoms with Crippen LogP contribution in [0.25, 0.3) is 0 Å². The van der Waals surface area contributed by atoms with Crippen LogP contribution in [-0.4, -0.2) is 18.8 Å². The molecular formula is C8H9BrN2O4. The molecule has 0 amide bonds. The van der Waals surface area contributed by atoms with Crippen LogP contribution in [0.1, 0.15) is 0 Å². The number of anilines is 1. The minimum atomic E-state index is -0.524. The number of ether oxygens (including phenoxy) is 2. The maximum atomic E-state index is 10.5. The minimum Gasteiger partial charge on any atom is -0.465 e.